The number of rotatable bonds is 6. The van der Waals surface area contributed by atoms with Crippen LogP contribution in [0, 0.1) is 5.92 Å². The van der Waals surface area contributed by atoms with E-state index in [1.165, 1.54) is 11.4 Å². The number of carbonyl (C=O) groups excluding carboxylic acids is 1. The van der Waals surface area contributed by atoms with Crippen molar-refractivity contribution in [3.05, 3.63) is 34.9 Å². The van der Waals surface area contributed by atoms with E-state index in [-0.39, 0.29) is 30.6 Å². The molecule has 1 aromatic carbocycles. The van der Waals surface area contributed by atoms with E-state index in [9.17, 15) is 13.2 Å². The van der Waals surface area contributed by atoms with Crippen molar-refractivity contribution in [1.29, 1.82) is 0 Å². The Labute approximate surface area is 136 Å². The van der Waals surface area contributed by atoms with Crippen LogP contribution in [-0.4, -0.2) is 51.1 Å². The molecule has 1 aliphatic rings. The predicted molar refractivity (Wildman–Crippen MR) is 85.7 cm³/mol. The first-order chi connectivity index (χ1) is 10.4. The Kier molecular flexibility index (Phi) is 5.97. The van der Waals surface area contributed by atoms with Crippen LogP contribution in [0.5, 0.6) is 0 Å². The molecule has 0 N–H and O–H groups in total. The number of Topliss-reactive ketones (excluding diaryl/α,β-unsaturated/α-hetero) is 1. The van der Waals surface area contributed by atoms with Crippen molar-refractivity contribution in [2.75, 3.05) is 32.6 Å². The molecule has 1 aromatic rings. The zero-order valence-electron chi connectivity index (χ0n) is 12.5. The Hall–Kier alpha value is -0.950. The highest BCUT2D eigenvalue weighted by Gasteiger charge is 2.32. The van der Waals surface area contributed by atoms with Gasteiger partial charge in [0.1, 0.15) is 0 Å². The zero-order chi connectivity index (χ0) is 16.2. The molecule has 7 heteroatoms. The number of ketones is 1. The number of carbonyl (C=O) groups is 1. The van der Waals surface area contributed by atoms with E-state index >= 15 is 0 Å². The minimum absolute atomic E-state index is 0.0247. The lowest BCUT2D eigenvalue weighted by Crippen LogP contribution is -2.43. The molecular formula is C15H20ClNO4S. The third kappa shape index (κ3) is 4.29. The van der Waals surface area contributed by atoms with Crippen molar-refractivity contribution >= 4 is 27.4 Å². The summed E-state index contributed by atoms with van der Waals surface area (Å²) in [6, 6.07) is 6.71. The first-order valence-corrected chi connectivity index (χ1v) is 9.19. The second-order valence-corrected chi connectivity index (χ2v) is 7.90. The molecular weight excluding hydrogens is 326 g/mol. The van der Waals surface area contributed by atoms with Crippen LogP contribution in [0.2, 0.25) is 5.02 Å². The van der Waals surface area contributed by atoms with E-state index in [2.05, 4.69) is 0 Å². The van der Waals surface area contributed by atoms with Crippen LogP contribution in [0.15, 0.2) is 24.3 Å². The highest BCUT2D eigenvalue weighted by Crippen LogP contribution is 2.23. The Morgan fingerprint density at radius 2 is 2.05 bits per heavy atom. The SMILES string of the molecule is COCCS(=O)(=O)N1CCCC(C(=O)c2ccc(Cl)cc2)C1. The van der Waals surface area contributed by atoms with Crippen molar-refractivity contribution in [3.63, 3.8) is 0 Å². The van der Waals surface area contributed by atoms with Crippen molar-refractivity contribution in [1.82, 2.24) is 4.31 Å². The maximum absolute atomic E-state index is 12.5. The van der Waals surface area contributed by atoms with Gasteiger partial charge in [0.05, 0.1) is 12.4 Å². The molecule has 1 fully saturated rings. The van der Waals surface area contributed by atoms with Crippen molar-refractivity contribution in [3.8, 4) is 0 Å². The van der Waals surface area contributed by atoms with E-state index in [1.807, 2.05) is 0 Å². The highest BCUT2D eigenvalue weighted by molar-refractivity contribution is 7.89. The highest BCUT2D eigenvalue weighted by atomic mass is 35.5. The number of ether oxygens (including phenoxy) is 1. The molecule has 0 saturated carbocycles. The van der Waals surface area contributed by atoms with Gasteiger partial charge in [0.25, 0.3) is 0 Å². The third-order valence-electron chi connectivity index (χ3n) is 3.82. The summed E-state index contributed by atoms with van der Waals surface area (Å²) < 4.78 is 30.7. The lowest BCUT2D eigenvalue weighted by Gasteiger charge is -2.31. The second kappa shape index (κ2) is 7.55. The minimum Gasteiger partial charge on any atom is -0.384 e. The normalized spacial score (nSPS) is 20.0. The Morgan fingerprint density at radius 3 is 2.68 bits per heavy atom. The summed E-state index contributed by atoms with van der Waals surface area (Å²) in [4.78, 5) is 12.5. The van der Waals surface area contributed by atoms with Gasteiger partial charge in [0, 0.05) is 36.7 Å². The molecule has 0 aromatic heterocycles. The maximum atomic E-state index is 12.5. The van der Waals surface area contributed by atoms with Gasteiger partial charge >= 0.3 is 0 Å². The van der Waals surface area contributed by atoms with Crippen LogP contribution in [0.1, 0.15) is 23.2 Å². The van der Waals surface area contributed by atoms with Crippen LogP contribution in [-0.2, 0) is 14.8 Å². The molecule has 0 radical (unpaired) electrons. The summed E-state index contributed by atoms with van der Waals surface area (Å²) >= 11 is 5.82. The van der Waals surface area contributed by atoms with E-state index in [1.54, 1.807) is 24.3 Å². The number of piperidine rings is 1. The molecule has 122 valence electrons. The van der Waals surface area contributed by atoms with Gasteiger partial charge in [-0.2, -0.15) is 0 Å². The Bertz CT molecular complexity index is 615. The number of methoxy groups -OCH3 is 1. The van der Waals surface area contributed by atoms with Crippen LogP contribution in [0.4, 0.5) is 0 Å². The summed E-state index contributed by atoms with van der Waals surface area (Å²) in [6.45, 7) is 0.874. The fourth-order valence-corrected chi connectivity index (χ4v) is 4.15. The number of benzene rings is 1. The maximum Gasteiger partial charge on any atom is 0.216 e. The molecule has 1 aliphatic heterocycles. The van der Waals surface area contributed by atoms with Crippen LogP contribution < -0.4 is 0 Å². The van der Waals surface area contributed by atoms with Gasteiger partial charge in [-0.15, -0.1) is 0 Å². The number of sulfonamides is 1. The van der Waals surface area contributed by atoms with E-state index in [0.29, 0.717) is 30.0 Å². The lowest BCUT2D eigenvalue weighted by atomic mass is 9.91. The molecule has 1 heterocycles. The summed E-state index contributed by atoms with van der Waals surface area (Å²) in [5.41, 5.74) is 0.575. The Morgan fingerprint density at radius 1 is 1.36 bits per heavy atom. The van der Waals surface area contributed by atoms with Gasteiger partial charge in [-0.25, -0.2) is 12.7 Å². The summed E-state index contributed by atoms with van der Waals surface area (Å²) in [5, 5.41) is 0.573. The van der Waals surface area contributed by atoms with Crippen molar-refractivity contribution in [2.45, 2.75) is 12.8 Å². The molecule has 2 rings (SSSR count). The fourth-order valence-electron chi connectivity index (χ4n) is 2.58. The molecule has 0 spiro atoms. The van der Waals surface area contributed by atoms with Gasteiger partial charge in [-0.05, 0) is 37.1 Å². The number of hydrogen-bond acceptors (Lipinski definition) is 4. The quantitative estimate of drug-likeness (QED) is 0.741. The van der Waals surface area contributed by atoms with Gasteiger partial charge < -0.3 is 4.74 Å². The van der Waals surface area contributed by atoms with Gasteiger partial charge in [0.2, 0.25) is 10.0 Å². The van der Waals surface area contributed by atoms with Crippen molar-refractivity contribution < 1.29 is 17.9 Å². The first-order valence-electron chi connectivity index (χ1n) is 7.20. The topological polar surface area (TPSA) is 63.7 Å². The average molecular weight is 346 g/mol. The second-order valence-electron chi connectivity index (χ2n) is 5.38. The summed E-state index contributed by atoms with van der Waals surface area (Å²) in [7, 11) is -1.90. The van der Waals surface area contributed by atoms with E-state index in [0.717, 1.165) is 0 Å². The lowest BCUT2D eigenvalue weighted by molar-refractivity contribution is 0.0872. The number of hydrogen-bond donors (Lipinski definition) is 0. The van der Waals surface area contributed by atoms with Gasteiger partial charge in [-0.1, -0.05) is 11.6 Å². The fraction of sp³-hybridized carbons (Fsp3) is 0.533. The third-order valence-corrected chi connectivity index (χ3v) is 5.88. The standard InChI is InChI=1S/C15H20ClNO4S/c1-21-9-10-22(19,20)17-8-2-3-13(11-17)15(18)12-4-6-14(16)7-5-12/h4-7,13H,2-3,8-11H2,1H3. The number of nitrogens with zero attached hydrogens (tertiary/aromatic N) is 1. The monoisotopic (exact) mass is 345 g/mol. The van der Waals surface area contributed by atoms with Gasteiger partial charge in [0.15, 0.2) is 5.78 Å². The molecule has 1 saturated heterocycles. The van der Waals surface area contributed by atoms with Crippen LogP contribution >= 0.6 is 11.6 Å². The van der Waals surface area contributed by atoms with Gasteiger partial charge in [-0.3, -0.25) is 4.79 Å². The van der Waals surface area contributed by atoms with Crippen molar-refractivity contribution in [2.24, 2.45) is 5.92 Å². The molecule has 22 heavy (non-hydrogen) atoms. The largest absolute Gasteiger partial charge is 0.384 e. The molecule has 0 bridgehead atoms. The zero-order valence-corrected chi connectivity index (χ0v) is 14.1. The molecule has 1 unspecified atom stereocenters. The smallest absolute Gasteiger partial charge is 0.216 e. The van der Waals surface area contributed by atoms with Crippen LogP contribution in [0.25, 0.3) is 0 Å². The van der Waals surface area contributed by atoms with Crippen LogP contribution in [0.3, 0.4) is 0 Å². The molecule has 0 amide bonds. The summed E-state index contributed by atoms with van der Waals surface area (Å²) in [5.74, 6) is -0.374. The van der Waals surface area contributed by atoms with E-state index in [4.69, 9.17) is 16.3 Å². The molecule has 0 aliphatic carbocycles. The van der Waals surface area contributed by atoms with E-state index < -0.39 is 10.0 Å². The number of halogens is 1. The predicted octanol–water partition coefficient (Wildman–Crippen LogP) is 2.21. The minimum atomic E-state index is -3.37. The average Bonchev–Trinajstić information content (AvgIpc) is 2.53. The Balaban J connectivity index is 2.07. The summed E-state index contributed by atoms with van der Waals surface area (Å²) in [6.07, 6.45) is 1.40. The molecule has 5 nitrogen and oxygen atoms in total. The molecule has 1 atom stereocenters. The first kappa shape index (κ1) is 17.4.